The van der Waals surface area contributed by atoms with E-state index in [9.17, 15) is 4.79 Å². The van der Waals surface area contributed by atoms with E-state index in [1.165, 1.54) is 12.8 Å². The first-order valence-corrected chi connectivity index (χ1v) is 7.65. The lowest BCUT2D eigenvalue weighted by Gasteiger charge is -2.38. The Kier molecular flexibility index (Phi) is 3.53. The molecule has 0 aromatic rings. The zero-order valence-corrected chi connectivity index (χ0v) is 11.9. The summed E-state index contributed by atoms with van der Waals surface area (Å²) in [4.78, 5) is 17.1. The number of amides is 1. The zero-order valence-electron chi connectivity index (χ0n) is 11.9. The highest BCUT2D eigenvalue weighted by atomic mass is 16.1. The molecular weight excluding hydrogens is 240 g/mol. The van der Waals surface area contributed by atoms with Gasteiger partial charge in [0.05, 0.1) is 0 Å². The van der Waals surface area contributed by atoms with Crippen molar-refractivity contribution >= 4 is 5.91 Å². The standard InChI is InChI=1S/C14H26N4O/c1-11-9-14(13(15)19,10-18(11)12-3-4-12)17-7-2-5-16-6-8-17/h11-12,16H,2-10H2,1H3,(H2,15,19). The van der Waals surface area contributed by atoms with E-state index in [2.05, 4.69) is 22.0 Å². The lowest BCUT2D eigenvalue weighted by atomic mass is 9.92. The van der Waals surface area contributed by atoms with Crippen molar-refractivity contribution in [3.63, 3.8) is 0 Å². The number of carbonyl (C=O) groups excluding carboxylic acids is 1. The van der Waals surface area contributed by atoms with Crippen molar-refractivity contribution in [3.8, 4) is 0 Å². The quantitative estimate of drug-likeness (QED) is 0.740. The van der Waals surface area contributed by atoms with Crippen LogP contribution in [0.25, 0.3) is 0 Å². The second kappa shape index (κ2) is 5.04. The zero-order chi connectivity index (χ0) is 13.5. The predicted octanol–water partition coefficient (Wildman–Crippen LogP) is -0.238. The molecule has 1 saturated carbocycles. The van der Waals surface area contributed by atoms with Crippen molar-refractivity contribution in [3.05, 3.63) is 0 Å². The molecule has 19 heavy (non-hydrogen) atoms. The normalized spacial score (nSPS) is 38.3. The number of carbonyl (C=O) groups is 1. The van der Waals surface area contributed by atoms with E-state index in [4.69, 9.17) is 5.73 Å². The molecule has 0 aromatic carbocycles. The predicted molar refractivity (Wildman–Crippen MR) is 74.8 cm³/mol. The smallest absolute Gasteiger partial charge is 0.239 e. The van der Waals surface area contributed by atoms with Crippen LogP contribution in [0.4, 0.5) is 0 Å². The maximum absolute atomic E-state index is 12.2. The van der Waals surface area contributed by atoms with E-state index < -0.39 is 5.54 Å². The van der Waals surface area contributed by atoms with Crippen LogP contribution >= 0.6 is 0 Å². The summed E-state index contributed by atoms with van der Waals surface area (Å²) in [5, 5.41) is 3.41. The second-order valence-corrected chi connectivity index (χ2v) is 6.44. The van der Waals surface area contributed by atoms with E-state index in [-0.39, 0.29) is 5.91 Å². The van der Waals surface area contributed by atoms with Crippen LogP contribution in [0.2, 0.25) is 0 Å². The molecule has 108 valence electrons. The largest absolute Gasteiger partial charge is 0.368 e. The summed E-state index contributed by atoms with van der Waals surface area (Å²) >= 11 is 0. The lowest BCUT2D eigenvalue weighted by Crippen LogP contribution is -2.60. The maximum Gasteiger partial charge on any atom is 0.239 e. The summed E-state index contributed by atoms with van der Waals surface area (Å²) in [5.41, 5.74) is 5.41. The fraction of sp³-hybridized carbons (Fsp3) is 0.929. The van der Waals surface area contributed by atoms with Crippen LogP contribution in [-0.4, -0.2) is 66.1 Å². The highest BCUT2D eigenvalue weighted by Gasteiger charge is 2.53. The van der Waals surface area contributed by atoms with Crippen molar-refractivity contribution in [2.24, 2.45) is 5.73 Å². The van der Waals surface area contributed by atoms with E-state index in [1.54, 1.807) is 0 Å². The third-order valence-corrected chi connectivity index (χ3v) is 5.06. The van der Waals surface area contributed by atoms with Crippen LogP contribution in [0.15, 0.2) is 0 Å². The average molecular weight is 266 g/mol. The van der Waals surface area contributed by atoms with Gasteiger partial charge in [-0.3, -0.25) is 14.6 Å². The van der Waals surface area contributed by atoms with Crippen molar-refractivity contribution in [1.29, 1.82) is 0 Å². The molecule has 1 amide bonds. The van der Waals surface area contributed by atoms with Crippen LogP contribution in [0, 0.1) is 0 Å². The van der Waals surface area contributed by atoms with Crippen molar-refractivity contribution in [2.45, 2.75) is 50.2 Å². The van der Waals surface area contributed by atoms with Gasteiger partial charge in [-0.25, -0.2) is 0 Å². The molecule has 2 unspecified atom stereocenters. The fourth-order valence-corrected chi connectivity index (χ4v) is 3.86. The Hall–Kier alpha value is -0.650. The molecule has 5 heteroatoms. The molecule has 5 nitrogen and oxygen atoms in total. The molecule has 3 fully saturated rings. The van der Waals surface area contributed by atoms with Gasteiger partial charge in [-0.05, 0) is 39.2 Å². The highest BCUT2D eigenvalue weighted by molar-refractivity contribution is 5.85. The lowest BCUT2D eigenvalue weighted by molar-refractivity contribution is -0.129. The van der Waals surface area contributed by atoms with Gasteiger partial charge in [0, 0.05) is 38.3 Å². The molecule has 0 bridgehead atoms. The number of nitrogens with two attached hydrogens (primary N) is 1. The number of primary amides is 1. The van der Waals surface area contributed by atoms with Gasteiger partial charge in [-0.1, -0.05) is 0 Å². The van der Waals surface area contributed by atoms with Crippen LogP contribution in [0.1, 0.15) is 32.6 Å². The maximum atomic E-state index is 12.2. The Morgan fingerprint density at radius 3 is 2.79 bits per heavy atom. The minimum absolute atomic E-state index is 0.121. The van der Waals surface area contributed by atoms with Crippen molar-refractivity contribution in [1.82, 2.24) is 15.1 Å². The SMILES string of the molecule is CC1CC(C(N)=O)(N2CCCNCC2)CN1C1CC1. The van der Waals surface area contributed by atoms with Crippen molar-refractivity contribution in [2.75, 3.05) is 32.7 Å². The first-order chi connectivity index (χ1) is 9.13. The average Bonchev–Trinajstić information content (AvgIpc) is 3.18. The molecule has 3 N–H and O–H groups in total. The summed E-state index contributed by atoms with van der Waals surface area (Å²) < 4.78 is 0. The number of nitrogens with one attached hydrogen (secondary N) is 1. The molecule has 3 aliphatic rings. The number of nitrogens with zero attached hydrogens (tertiary/aromatic N) is 2. The van der Waals surface area contributed by atoms with Gasteiger partial charge in [-0.2, -0.15) is 0 Å². The first-order valence-electron chi connectivity index (χ1n) is 7.65. The summed E-state index contributed by atoms with van der Waals surface area (Å²) in [6.07, 6.45) is 4.59. The van der Waals surface area contributed by atoms with Gasteiger partial charge in [0.2, 0.25) is 5.91 Å². The Labute approximate surface area is 115 Å². The Bertz CT molecular complexity index is 349. The van der Waals surface area contributed by atoms with Gasteiger partial charge in [0.25, 0.3) is 0 Å². The van der Waals surface area contributed by atoms with Crippen molar-refractivity contribution < 1.29 is 4.79 Å². The van der Waals surface area contributed by atoms with Crippen LogP contribution in [0.5, 0.6) is 0 Å². The van der Waals surface area contributed by atoms with Gasteiger partial charge < -0.3 is 11.1 Å². The van der Waals surface area contributed by atoms with Crippen LogP contribution in [-0.2, 0) is 4.79 Å². The first kappa shape index (κ1) is 13.3. The Morgan fingerprint density at radius 1 is 1.32 bits per heavy atom. The fourth-order valence-electron chi connectivity index (χ4n) is 3.86. The number of hydrogen-bond acceptors (Lipinski definition) is 4. The van der Waals surface area contributed by atoms with Crippen LogP contribution < -0.4 is 11.1 Å². The Morgan fingerprint density at radius 2 is 2.11 bits per heavy atom. The van der Waals surface area contributed by atoms with Gasteiger partial charge >= 0.3 is 0 Å². The Balaban J connectivity index is 1.80. The highest BCUT2D eigenvalue weighted by Crippen LogP contribution is 2.39. The minimum Gasteiger partial charge on any atom is -0.368 e. The monoisotopic (exact) mass is 266 g/mol. The number of likely N-dealkylation sites (tertiary alicyclic amines) is 1. The molecule has 3 rings (SSSR count). The summed E-state index contributed by atoms with van der Waals surface area (Å²) in [7, 11) is 0. The third kappa shape index (κ3) is 2.39. The minimum atomic E-state index is -0.423. The van der Waals surface area contributed by atoms with Gasteiger partial charge in [0.1, 0.15) is 5.54 Å². The topological polar surface area (TPSA) is 61.6 Å². The molecule has 2 heterocycles. The molecule has 1 aliphatic carbocycles. The molecule has 0 aromatic heterocycles. The molecular formula is C14H26N4O. The van der Waals surface area contributed by atoms with Gasteiger partial charge in [-0.15, -0.1) is 0 Å². The van der Waals surface area contributed by atoms with Crippen LogP contribution in [0.3, 0.4) is 0 Å². The molecule has 0 spiro atoms. The number of rotatable bonds is 3. The summed E-state index contributed by atoms with van der Waals surface area (Å²) in [6, 6.07) is 1.19. The van der Waals surface area contributed by atoms with E-state index in [0.717, 1.165) is 45.6 Å². The number of hydrogen-bond donors (Lipinski definition) is 2. The summed E-state index contributed by atoms with van der Waals surface area (Å²) in [5.74, 6) is -0.121. The summed E-state index contributed by atoms with van der Waals surface area (Å²) in [6.45, 7) is 7.03. The third-order valence-electron chi connectivity index (χ3n) is 5.06. The van der Waals surface area contributed by atoms with E-state index in [0.29, 0.717) is 12.1 Å². The van der Waals surface area contributed by atoms with Gasteiger partial charge in [0.15, 0.2) is 0 Å². The molecule has 0 radical (unpaired) electrons. The molecule has 2 atom stereocenters. The molecule has 2 aliphatic heterocycles. The van der Waals surface area contributed by atoms with E-state index >= 15 is 0 Å². The second-order valence-electron chi connectivity index (χ2n) is 6.44. The molecule has 2 saturated heterocycles. The van der Waals surface area contributed by atoms with E-state index in [1.807, 2.05) is 0 Å².